The van der Waals surface area contributed by atoms with Gasteiger partial charge in [-0.05, 0) is 38.5 Å². The second-order valence-electron chi connectivity index (χ2n) is 5.11. The normalized spacial score (nSPS) is 36.1. The molecule has 0 aromatic heterocycles. The lowest BCUT2D eigenvalue weighted by Gasteiger charge is -2.32. The summed E-state index contributed by atoms with van der Waals surface area (Å²) < 4.78 is 22.5. The van der Waals surface area contributed by atoms with Crippen molar-refractivity contribution in [1.29, 1.82) is 0 Å². The minimum atomic E-state index is -2.76. The molecular weight excluding hydrogens is 226 g/mol. The lowest BCUT2D eigenvalue weighted by atomic mass is 9.92. The van der Waals surface area contributed by atoms with Crippen molar-refractivity contribution in [1.82, 2.24) is 5.32 Å². The second kappa shape index (κ2) is 5.02. The molecule has 0 amide bonds. The highest BCUT2D eigenvalue weighted by atomic mass is 32.2. The van der Waals surface area contributed by atoms with E-state index in [-0.39, 0.29) is 6.10 Å². The van der Waals surface area contributed by atoms with Crippen LogP contribution in [0, 0.1) is 0 Å². The molecule has 1 saturated carbocycles. The quantitative estimate of drug-likeness (QED) is 0.744. The molecule has 0 bridgehead atoms. The summed E-state index contributed by atoms with van der Waals surface area (Å²) in [5.41, 5.74) is 0. The molecule has 1 aliphatic heterocycles. The minimum absolute atomic E-state index is 0.168. The SMILES string of the molecule is O=S1(=O)CCC(NC2CCCC(O)C2)CC1. The molecule has 0 aromatic carbocycles. The molecule has 0 spiro atoms. The van der Waals surface area contributed by atoms with E-state index in [4.69, 9.17) is 0 Å². The van der Waals surface area contributed by atoms with Crippen molar-refractivity contribution in [2.45, 2.75) is 56.7 Å². The van der Waals surface area contributed by atoms with Crippen molar-refractivity contribution in [3.63, 3.8) is 0 Å². The van der Waals surface area contributed by atoms with Gasteiger partial charge < -0.3 is 10.4 Å². The lowest BCUT2D eigenvalue weighted by molar-refractivity contribution is 0.108. The Bertz CT molecular complexity index is 314. The van der Waals surface area contributed by atoms with Gasteiger partial charge >= 0.3 is 0 Å². The number of hydrogen-bond acceptors (Lipinski definition) is 4. The lowest BCUT2D eigenvalue weighted by Crippen LogP contribution is -2.45. The van der Waals surface area contributed by atoms with Gasteiger partial charge in [-0.15, -0.1) is 0 Å². The van der Waals surface area contributed by atoms with Crippen LogP contribution in [-0.2, 0) is 9.84 Å². The summed E-state index contributed by atoms with van der Waals surface area (Å²) in [7, 11) is -2.76. The summed E-state index contributed by atoms with van der Waals surface area (Å²) in [6.45, 7) is 0. The molecule has 16 heavy (non-hydrogen) atoms. The first-order valence-electron chi connectivity index (χ1n) is 6.20. The van der Waals surface area contributed by atoms with E-state index in [0.29, 0.717) is 23.6 Å². The zero-order valence-corrected chi connectivity index (χ0v) is 10.4. The molecule has 5 heteroatoms. The fourth-order valence-electron chi connectivity index (χ4n) is 2.71. The van der Waals surface area contributed by atoms with Crippen LogP contribution in [0.4, 0.5) is 0 Å². The van der Waals surface area contributed by atoms with Gasteiger partial charge in [-0.1, -0.05) is 0 Å². The van der Waals surface area contributed by atoms with Gasteiger partial charge in [0.15, 0.2) is 0 Å². The molecule has 2 rings (SSSR count). The molecule has 2 aliphatic rings. The summed E-state index contributed by atoms with van der Waals surface area (Å²) in [4.78, 5) is 0. The molecular formula is C11H21NO3S. The zero-order chi connectivity index (χ0) is 11.6. The van der Waals surface area contributed by atoms with E-state index < -0.39 is 9.84 Å². The maximum atomic E-state index is 11.3. The summed E-state index contributed by atoms with van der Waals surface area (Å²) in [6, 6.07) is 0.716. The van der Waals surface area contributed by atoms with Crippen molar-refractivity contribution in [2.75, 3.05) is 11.5 Å². The van der Waals surface area contributed by atoms with Crippen molar-refractivity contribution in [2.24, 2.45) is 0 Å². The molecule has 1 saturated heterocycles. The summed E-state index contributed by atoms with van der Waals surface area (Å²) in [5.74, 6) is 0.639. The Kier molecular flexibility index (Phi) is 3.87. The summed E-state index contributed by atoms with van der Waals surface area (Å²) in [6.07, 6.45) is 5.22. The van der Waals surface area contributed by atoms with E-state index in [1.165, 1.54) is 0 Å². The van der Waals surface area contributed by atoms with Gasteiger partial charge in [0.2, 0.25) is 0 Å². The number of sulfone groups is 1. The number of rotatable bonds is 2. The number of aliphatic hydroxyl groups is 1. The average Bonchev–Trinajstić information content (AvgIpc) is 2.21. The van der Waals surface area contributed by atoms with E-state index in [9.17, 15) is 13.5 Å². The van der Waals surface area contributed by atoms with Crippen LogP contribution in [0.3, 0.4) is 0 Å². The van der Waals surface area contributed by atoms with Crippen LogP contribution in [0.2, 0.25) is 0 Å². The Hall–Kier alpha value is -0.130. The highest BCUT2D eigenvalue weighted by molar-refractivity contribution is 7.91. The predicted octanol–water partition coefficient (Wildman–Crippen LogP) is 0.457. The van der Waals surface area contributed by atoms with Crippen LogP contribution in [0.15, 0.2) is 0 Å². The molecule has 1 aliphatic carbocycles. The van der Waals surface area contributed by atoms with Gasteiger partial charge in [-0.2, -0.15) is 0 Å². The fraction of sp³-hybridized carbons (Fsp3) is 1.00. The molecule has 0 radical (unpaired) electrons. The van der Waals surface area contributed by atoms with Crippen LogP contribution in [0.5, 0.6) is 0 Å². The molecule has 94 valence electrons. The Morgan fingerprint density at radius 1 is 1.00 bits per heavy atom. The third-order valence-electron chi connectivity index (χ3n) is 3.67. The highest BCUT2D eigenvalue weighted by Crippen LogP contribution is 2.21. The third kappa shape index (κ3) is 3.43. The van der Waals surface area contributed by atoms with Gasteiger partial charge in [0, 0.05) is 12.1 Å². The van der Waals surface area contributed by atoms with Crippen LogP contribution in [0.1, 0.15) is 38.5 Å². The molecule has 2 unspecified atom stereocenters. The molecule has 2 fully saturated rings. The molecule has 4 nitrogen and oxygen atoms in total. The molecule has 2 atom stereocenters. The van der Waals surface area contributed by atoms with Crippen molar-refractivity contribution >= 4 is 9.84 Å². The van der Waals surface area contributed by atoms with Gasteiger partial charge in [0.1, 0.15) is 9.84 Å². The van der Waals surface area contributed by atoms with Crippen molar-refractivity contribution in [3.05, 3.63) is 0 Å². The standard InChI is InChI=1S/C11H21NO3S/c13-11-3-1-2-10(8-11)12-9-4-6-16(14,15)7-5-9/h9-13H,1-8H2. The van der Waals surface area contributed by atoms with Gasteiger partial charge in [-0.25, -0.2) is 8.42 Å². The first kappa shape index (κ1) is 12.3. The van der Waals surface area contributed by atoms with Crippen LogP contribution >= 0.6 is 0 Å². The topological polar surface area (TPSA) is 66.4 Å². The summed E-state index contributed by atoms with van der Waals surface area (Å²) >= 11 is 0. The van der Waals surface area contributed by atoms with Crippen LogP contribution in [-0.4, -0.2) is 43.2 Å². The van der Waals surface area contributed by atoms with Crippen molar-refractivity contribution in [3.8, 4) is 0 Å². The van der Waals surface area contributed by atoms with Gasteiger partial charge in [0.25, 0.3) is 0 Å². The Balaban J connectivity index is 1.78. The first-order chi connectivity index (χ1) is 7.55. The summed E-state index contributed by atoms with van der Waals surface area (Å²) in [5, 5.41) is 13.1. The monoisotopic (exact) mass is 247 g/mol. The first-order valence-corrected chi connectivity index (χ1v) is 8.02. The zero-order valence-electron chi connectivity index (χ0n) is 9.56. The predicted molar refractivity (Wildman–Crippen MR) is 63.1 cm³/mol. The van der Waals surface area contributed by atoms with Crippen molar-refractivity contribution < 1.29 is 13.5 Å². The third-order valence-corrected chi connectivity index (χ3v) is 5.39. The van der Waals surface area contributed by atoms with E-state index in [1.807, 2.05) is 0 Å². The van der Waals surface area contributed by atoms with Crippen LogP contribution in [0.25, 0.3) is 0 Å². The molecule has 0 aromatic rings. The van der Waals surface area contributed by atoms with E-state index >= 15 is 0 Å². The molecule has 1 heterocycles. The number of hydrogen-bond donors (Lipinski definition) is 2. The Morgan fingerprint density at radius 3 is 2.31 bits per heavy atom. The maximum absolute atomic E-state index is 11.3. The fourth-order valence-corrected chi connectivity index (χ4v) is 4.20. The Labute approximate surface area is 97.3 Å². The van der Waals surface area contributed by atoms with E-state index in [0.717, 1.165) is 38.5 Å². The van der Waals surface area contributed by atoms with Gasteiger partial charge in [0.05, 0.1) is 17.6 Å². The average molecular weight is 247 g/mol. The number of aliphatic hydroxyl groups excluding tert-OH is 1. The smallest absolute Gasteiger partial charge is 0.150 e. The van der Waals surface area contributed by atoms with Gasteiger partial charge in [-0.3, -0.25) is 0 Å². The highest BCUT2D eigenvalue weighted by Gasteiger charge is 2.27. The maximum Gasteiger partial charge on any atom is 0.150 e. The second-order valence-corrected chi connectivity index (χ2v) is 7.41. The molecule has 2 N–H and O–H groups in total. The number of nitrogens with one attached hydrogen (secondary N) is 1. The van der Waals surface area contributed by atoms with Crippen LogP contribution < -0.4 is 5.32 Å². The largest absolute Gasteiger partial charge is 0.393 e. The Morgan fingerprint density at radius 2 is 1.69 bits per heavy atom. The van der Waals surface area contributed by atoms with E-state index in [1.54, 1.807) is 0 Å². The minimum Gasteiger partial charge on any atom is -0.393 e. The van der Waals surface area contributed by atoms with E-state index in [2.05, 4.69) is 5.32 Å².